The van der Waals surface area contributed by atoms with E-state index in [-0.39, 0.29) is 16.4 Å². The van der Waals surface area contributed by atoms with Gasteiger partial charge < -0.3 is 15.2 Å². The SMILES string of the molecule is COc1c(/C=N/NC(=S)Nc2cccc(C(=O)O)c2)cccc1-c1cccc([N+](=O)[O-])c1. The number of carboxylic acid groups (broad SMARTS) is 1. The number of benzene rings is 3. The highest BCUT2D eigenvalue weighted by Gasteiger charge is 2.13. The van der Waals surface area contributed by atoms with Crippen LogP contribution in [0.2, 0.25) is 0 Å². The number of ether oxygens (including phenoxy) is 1. The van der Waals surface area contributed by atoms with E-state index in [0.717, 1.165) is 0 Å². The minimum Gasteiger partial charge on any atom is -0.495 e. The van der Waals surface area contributed by atoms with Crippen molar-refractivity contribution in [3.8, 4) is 16.9 Å². The van der Waals surface area contributed by atoms with Crippen molar-refractivity contribution < 1.29 is 19.6 Å². The summed E-state index contributed by atoms with van der Waals surface area (Å²) >= 11 is 5.18. The van der Waals surface area contributed by atoms with Crippen molar-refractivity contribution in [2.75, 3.05) is 12.4 Å². The molecule has 0 saturated heterocycles. The molecule has 0 amide bonds. The van der Waals surface area contributed by atoms with Crippen LogP contribution in [0.1, 0.15) is 15.9 Å². The van der Waals surface area contributed by atoms with Crippen LogP contribution < -0.4 is 15.5 Å². The number of nitro groups is 1. The Hall–Kier alpha value is -4.31. The molecule has 0 aromatic heterocycles. The van der Waals surface area contributed by atoms with Gasteiger partial charge in [-0.1, -0.05) is 30.3 Å². The second-order valence-electron chi connectivity index (χ2n) is 6.45. The zero-order chi connectivity index (χ0) is 23.1. The molecule has 162 valence electrons. The van der Waals surface area contributed by atoms with Crippen molar-refractivity contribution in [1.82, 2.24) is 5.43 Å². The van der Waals surface area contributed by atoms with E-state index in [0.29, 0.717) is 28.1 Å². The third-order valence-electron chi connectivity index (χ3n) is 4.35. The average molecular weight is 450 g/mol. The first-order valence-electron chi connectivity index (χ1n) is 9.24. The molecule has 0 aliphatic heterocycles. The second-order valence-corrected chi connectivity index (χ2v) is 6.85. The van der Waals surface area contributed by atoms with Gasteiger partial charge in [-0.3, -0.25) is 15.5 Å². The number of nitrogens with one attached hydrogen (secondary N) is 2. The van der Waals surface area contributed by atoms with Crippen molar-refractivity contribution in [3.05, 3.63) is 88.0 Å². The van der Waals surface area contributed by atoms with E-state index < -0.39 is 10.9 Å². The lowest BCUT2D eigenvalue weighted by molar-refractivity contribution is -0.384. The summed E-state index contributed by atoms with van der Waals surface area (Å²) in [5.41, 5.74) is 5.20. The van der Waals surface area contributed by atoms with Gasteiger partial charge in [0.2, 0.25) is 0 Å². The zero-order valence-electron chi connectivity index (χ0n) is 16.8. The van der Waals surface area contributed by atoms with Gasteiger partial charge in [0, 0.05) is 28.9 Å². The molecule has 0 spiro atoms. The zero-order valence-corrected chi connectivity index (χ0v) is 17.6. The number of para-hydroxylation sites is 1. The fourth-order valence-electron chi connectivity index (χ4n) is 2.95. The smallest absolute Gasteiger partial charge is 0.335 e. The number of hydrogen-bond donors (Lipinski definition) is 3. The number of rotatable bonds is 7. The number of methoxy groups -OCH3 is 1. The van der Waals surface area contributed by atoms with Gasteiger partial charge in [-0.2, -0.15) is 5.10 Å². The Balaban J connectivity index is 1.76. The highest BCUT2D eigenvalue weighted by atomic mass is 32.1. The number of thiocarbonyl (C=S) groups is 1. The average Bonchev–Trinajstić information content (AvgIpc) is 2.79. The Morgan fingerprint density at radius 1 is 1.16 bits per heavy atom. The molecule has 0 bridgehead atoms. The molecule has 32 heavy (non-hydrogen) atoms. The predicted molar refractivity (Wildman–Crippen MR) is 125 cm³/mol. The third-order valence-corrected chi connectivity index (χ3v) is 4.55. The quantitative estimate of drug-likeness (QED) is 0.211. The molecule has 0 fully saturated rings. The van der Waals surface area contributed by atoms with E-state index in [2.05, 4.69) is 15.8 Å². The van der Waals surface area contributed by atoms with Crippen LogP contribution in [0.25, 0.3) is 11.1 Å². The molecule has 0 aliphatic rings. The van der Waals surface area contributed by atoms with Gasteiger partial charge in [0.05, 0.1) is 23.8 Å². The van der Waals surface area contributed by atoms with Crippen LogP contribution in [0.4, 0.5) is 11.4 Å². The van der Waals surface area contributed by atoms with Crippen LogP contribution in [-0.4, -0.2) is 34.4 Å². The number of aromatic carboxylic acids is 1. The number of carboxylic acids is 1. The molecular formula is C22H18N4O5S. The molecule has 0 atom stereocenters. The number of nitrogens with zero attached hydrogens (tertiary/aromatic N) is 2. The van der Waals surface area contributed by atoms with Crippen LogP contribution in [0.15, 0.2) is 71.8 Å². The van der Waals surface area contributed by atoms with Gasteiger partial charge in [-0.15, -0.1) is 0 Å². The molecular weight excluding hydrogens is 432 g/mol. The van der Waals surface area contributed by atoms with Crippen molar-refractivity contribution in [3.63, 3.8) is 0 Å². The van der Waals surface area contributed by atoms with Crippen molar-refractivity contribution in [1.29, 1.82) is 0 Å². The fraction of sp³-hybridized carbons (Fsp3) is 0.0455. The molecule has 3 N–H and O–H groups in total. The maximum absolute atomic E-state index is 11.1. The highest BCUT2D eigenvalue weighted by Crippen LogP contribution is 2.33. The van der Waals surface area contributed by atoms with Crippen molar-refractivity contribution in [2.45, 2.75) is 0 Å². The molecule has 0 radical (unpaired) electrons. The number of non-ortho nitro benzene ring substituents is 1. The lowest BCUT2D eigenvalue weighted by atomic mass is 10.0. The van der Waals surface area contributed by atoms with Gasteiger partial charge >= 0.3 is 5.97 Å². The molecule has 3 aromatic carbocycles. The molecule has 10 heteroatoms. The monoisotopic (exact) mass is 450 g/mol. The summed E-state index contributed by atoms with van der Waals surface area (Å²) in [6, 6.07) is 17.8. The van der Waals surface area contributed by atoms with Gasteiger partial charge in [-0.25, -0.2) is 4.79 Å². The molecule has 9 nitrogen and oxygen atoms in total. The summed E-state index contributed by atoms with van der Waals surface area (Å²) in [5, 5.41) is 27.3. The molecule has 0 aliphatic carbocycles. The van der Waals surface area contributed by atoms with Gasteiger partial charge in [0.25, 0.3) is 5.69 Å². The van der Waals surface area contributed by atoms with Crippen molar-refractivity contribution >= 4 is 40.9 Å². The number of anilines is 1. The molecule has 3 rings (SSSR count). The minimum atomic E-state index is -1.04. The molecule has 0 unspecified atom stereocenters. The highest BCUT2D eigenvalue weighted by molar-refractivity contribution is 7.80. The summed E-state index contributed by atoms with van der Waals surface area (Å²) < 4.78 is 5.53. The van der Waals surface area contributed by atoms with E-state index in [4.69, 9.17) is 22.1 Å². The summed E-state index contributed by atoms with van der Waals surface area (Å²) in [7, 11) is 1.50. The Morgan fingerprint density at radius 3 is 2.62 bits per heavy atom. The van der Waals surface area contributed by atoms with E-state index in [1.54, 1.807) is 42.5 Å². The fourth-order valence-corrected chi connectivity index (χ4v) is 3.12. The standard InChI is InChI=1S/C22H18N4O5S/c1-31-20-16(7-4-10-19(20)14-5-3-9-18(12-14)26(29)30)13-23-25-22(32)24-17-8-2-6-15(11-17)21(27)28/h2-13H,1H3,(H,27,28)(H2,24,25,32)/b23-13+. The maximum atomic E-state index is 11.1. The second kappa shape index (κ2) is 10.1. The largest absolute Gasteiger partial charge is 0.495 e. The summed E-state index contributed by atoms with van der Waals surface area (Å²) in [4.78, 5) is 21.7. The summed E-state index contributed by atoms with van der Waals surface area (Å²) in [5.74, 6) is -0.548. The Morgan fingerprint density at radius 2 is 1.91 bits per heavy atom. The van der Waals surface area contributed by atoms with E-state index >= 15 is 0 Å². The van der Waals surface area contributed by atoms with E-state index in [1.807, 2.05) is 0 Å². The van der Waals surface area contributed by atoms with Gasteiger partial charge in [-0.05, 0) is 42.0 Å². The Kier molecular flexibility index (Phi) is 7.09. The maximum Gasteiger partial charge on any atom is 0.335 e. The number of nitro benzene ring substituents is 1. The third kappa shape index (κ3) is 5.43. The lowest BCUT2D eigenvalue weighted by Crippen LogP contribution is -2.24. The molecule has 3 aromatic rings. The van der Waals surface area contributed by atoms with Gasteiger partial charge in [0.1, 0.15) is 5.75 Å². The van der Waals surface area contributed by atoms with Crippen LogP contribution >= 0.6 is 12.2 Å². The Labute approximate surface area is 188 Å². The number of carbonyl (C=O) groups is 1. The lowest BCUT2D eigenvalue weighted by Gasteiger charge is -2.12. The van der Waals surface area contributed by atoms with Gasteiger partial charge in [0.15, 0.2) is 5.11 Å². The predicted octanol–water partition coefficient (Wildman–Crippen LogP) is 4.29. The molecule has 0 saturated carbocycles. The first-order valence-corrected chi connectivity index (χ1v) is 9.65. The summed E-state index contributed by atoms with van der Waals surface area (Å²) in [6.07, 6.45) is 1.50. The van der Waals surface area contributed by atoms with Crippen LogP contribution in [-0.2, 0) is 0 Å². The van der Waals surface area contributed by atoms with Crippen LogP contribution in [0, 0.1) is 10.1 Å². The summed E-state index contributed by atoms with van der Waals surface area (Å²) in [6.45, 7) is 0. The van der Waals surface area contributed by atoms with E-state index in [1.165, 1.54) is 37.6 Å². The first-order chi connectivity index (χ1) is 15.4. The Bertz CT molecular complexity index is 1210. The van der Waals surface area contributed by atoms with Crippen LogP contribution in [0.5, 0.6) is 5.75 Å². The first kappa shape index (κ1) is 22.4. The minimum absolute atomic E-state index is 0.0197. The number of hydrogen-bond acceptors (Lipinski definition) is 6. The van der Waals surface area contributed by atoms with Crippen LogP contribution in [0.3, 0.4) is 0 Å². The topological polar surface area (TPSA) is 126 Å². The molecule has 0 heterocycles. The number of hydrazone groups is 1. The van der Waals surface area contributed by atoms with Crippen molar-refractivity contribution in [2.24, 2.45) is 5.10 Å². The normalized spacial score (nSPS) is 10.5. The van der Waals surface area contributed by atoms with E-state index in [9.17, 15) is 14.9 Å².